The topological polar surface area (TPSA) is 66.1 Å². The molecule has 0 radical (unpaired) electrons. The maximum absolute atomic E-state index is 14.4. The average molecular weight is 392 g/mol. The van der Waals surface area contributed by atoms with Gasteiger partial charge in [0.05, 0.1) is 16.9 Å². The van der Waals surface area contributed by atoms with Gasteiger partial charge in [0, 0.05) is 36.4 Å². The van der Waals surface area contributed by atoms with Crippen molar-refractivity contribution in [1.29, 1.82) is 0 Å². The molecule has 0 saturated heterocycles. The van der Waals surface area contributed by atoms with Gasteiger partial charge < -0.3 is 16.0 Å². The Morgan fingerprint density at radius 3 is 2.66 bits per heavy atom. The van der Waals surface area contributed by atoms with Gasteiger partial charge in [0.15, 0.2) is 0 Å². The zero-order valence-corrected chi connectivity index (χ0v) is 15.4. The third-order valence-corrected chi connectivity index (χ3v) is 4.61. The third kappa shape index (κ3) is 4.08. The van der Waals surface area contributed by atoms with E-state index in [4.69, 9.17) is 0 Å². The summed E-state index contributed by atoms with van der Waals surface area (Å²) in [5, 5.41) is 8.54. The van der Waals surface area contributed by atoms with Crippen molar-refractivity contribution in [2.75, 3.05) is 22.5 Å². The number of hydrogen-bond acceptors (Lipinski definition) is 4. The van der Waals surface area contributed by atoms with E-state index in [2.05, 4.69) is 20.9 Å². The molecule has 0 atom stereocenters. The monoisotopic (exact) mass is 392 g/mol. The number of aromatic nitrogens is 1. The van der Waals surface area contributed by atoms with E-state index in [0.717, 1.165) is 12.0 Å². The Balaban J connectivity index is 1.43. The van der Waals surface area contributed by atoms with Gasteiger partial charge in [-0.1, -0.05) is 6.07 Å². The molecule has 1 aliphatic rings. The molecule has 2 aromatic carbocycles. The smallest absolute Gasteiger partial charge is 0.257 e. The van der Waals surface area contributed by atoms with Gasteiger partial charge in [-0.15, -0.1) is 0 Å². The van der Waals surface area contributed by atoms with Gasteiger partial charge in [-0.05, 0) is 54.4 Å². The highest BCUT2D eigenvalue weighted by Gasteiger charge is 2.27. The summed E-state index contributed by atoms with van der Waals surface area (Å²) in [6.07, 6.45) is 5.57. The minimum absolute atomic E-state index is 0.165. The van der Waals surface area contributed by atoms with Gasteiger partial charge in [0.1, 0.15) is 11.6 Å². The molecule has 0 aliphatic carbocycles. The molecule has 0 fully saturated rings. The van der Waals surface area contributed by atoms with E-state index in [1.54, 1.807) is 30.6 Å². The normalized spacial score (nSPS) is 13.9. The van der Waals surface area contributed by atoms with E-state index in [9.17, 15) is 13.6 Å². The van der Waals surface area contributed by atoms with Crippen molar-refractivity contribution in [2.45, 2.75) is 6.42 Å². The first-order valence-corrected chi connectivity index (χ1v) is 9.11. The molecular formula is C22H18F2N4O. The number of hydrogen-bond donors (Lipinski definition) is 3. The summed E-state index contributed by atoms with van der Waals surface area (Å²) in [4.78, 5) is 16.1. The molecule has 1 amide bonds. The lowest BCUT2D eigenvalue weighted by atomic mass is 10.1. The van der Waals surface area contributed by atoms with E-state index in [0.29, 0.717) is 23.6 Å². The summed E-state index contributed by atoms with van der Waals surface area (Å²) in [5.41, 5.74) is 2.74. The van der Waals surface area contributed by atoms with Crippen LogP contribution in [-0.2, 0) is 11.2 Å². The Labute approximate surface area is 166 Å². The lowest BCUT2D eigenvalue weighted by Gasteiger charge is -2.10. The molecule has 0 unspecified atom stereocenters. The summed E-state index contributed by atoms with van der Waals surface area (Å²) in [6, 6.07) is 12.9. The second-order valence-electron chi connectivity index (χ2n) is 6.55. The standard InChI is InChI=1S/C22H18F2N4O/c23-17-2-1-3-20-21(17)16(22(29)28-20)13-27-15-4-5-19(18(24)12-15)26-11-8-14-6-9-25-10-7-14/h1-7,9-10,12-13,26-27H,8,11H2,(H,28,29). The SMILES string of the molecule is O=C1Nc2cccc(F)c2C1=CNc1ccc(NCCc2ccncc2)c(F)c1. The van der Waals surface area contributed by atoms with Crippen LogP contribution in [0.2, 0.25) is 0 Å². The summed E-state index contributed by atoms with van der Waals surface area (Å²) < 4.78 is 28.4. The highest BCUT2D eigenvalue weighted by molar-refractivity contribution is 6.31. The molecule has 7 heteroatoms. The molecule has 3 aromatic rings. The number of carbonyl (C=O) groups is 1. The molecule has 0 bridgehead atoms. The number of rotatable bonds is 6. The fourth-order valence-corrected chi connectivity index (χ4v) is 3.14. The quantitative estimate of drug-likeness (QED) is 0.544. The number of halogens is 2. The van der Waals surface area contributed by atoms with Gasteiger partial charge >= 0.3 is 0 Å². The van der Waals surface area contributed by atoms with Crippen LogP contribution in [0.25, 0.3) is 5.57 Å². The minimum atomic E-state index is -0.492. The van der Waals surface area contributed by atoms with Crippen LogP contribution in [0.4, 0.5) is 25.8 Å². The molecule has 3 N–H and O–H groups in total. The number of carbonyl (C=O) groups excluding carboxylic acids is 1. The van der Waals surface area contributed by atoms with Crippen molar-refractivity contribution in [3.63, 3.8) is 0 Å². The Hall–Kier alpha value is -3.74. The molecule has 0 spiro atoms. The van der Waals surface area contributed by atoms with E-state index >= 15 is 0 Å². The lowest BCUT2D eigenvalue weighted by Crippen LogP contribution is -2.07. The minimum Gasteiger partial charge on any atom is -0.382 e. The Kier molecular flexibility index (Phi) is 5.20. The Bertz CT molecular complexity index is 1080. The van der Waals surface area contributed by atoms with Gasteiger partial charge in [0.25, 0.3) is 5.91 Å². The molecular weight excluding hydrogens is 374 g/mol. The van der Waals surface area contributed by atoms with Crippen LogP contribution in [0.5, 0.6) is 0 Å². The fourth-order valence-electron chi connectivity index (χ4n) is 3.14. The van der Waals surface area contributed by atoms with Crippen molar-refractivity contribution in [3.05, 3.63) is 89.9 Å². The maximum atomic E-state index is 14.4. The Morgan fingerprint density at radius 2 is 1.86 bits per heavy atom. The number of anilines is 3. The highest BCUT2D eigenvalue weighted by Crippen LogP contribution is 2.33. The summed E-state index contributed by atoms with van der Waals surface area (Å²) in [5.74, 6) is -1.33. The van der Waals surface area contributed by atoms with Crippen LogP contribution in [0.1, 0.15) is 11.1 Å². The van der Waals surface area contributed by atoms with Crippen molar-refractivity contribution in [2.24, 2.45) is 0 Å². The molecule has 1 aliphatic heterocycles. The molecule has 29 heavy (non-hydrogen) atoms. The van der Waals surface area contributed by atoms with E-state index in [1.165, 1.54) is 24.4 Å². The number of fused-ring (bicyclic) bond motifs is 1. The fraction of sp³-hybridized carbons (Fsp3) is 0.0909. The molecule has 4 rings (SSSR count). The molecule has 5 nitrogen and oxygen atoms in total. The first-order valence-electron chi connectivity index (χ1n) is 9.11. The van der Waals surface area contributed by atoms with Gasteiger partial charge in [-0.25, -0.2) is 8.78 Å². The predicted molar refractivity (Wildman–Crippen MR) is 109 cm³/mol. The van der Waals surface area contributed by atoms with Crippen LogP contribution < -0.4 is 16.0 Å². The maximum Gasteiger partial charge on any atom is 0.257 e. The predicted octanol–water partition coefficient (Wildman–Crippen LogP) is 4.42. The zero-order valence-electron chi connectivity index (χ0n) is 15.4. The molecule has 0 saturated carbocycles. The van der Waals surface area contributed by atoms with Crippen molar-refractivity contribution in [1.82, 2.24) is 4.98 Å². The zero-order chi connectivity index (χ0) is 20.2. The number of nitrogens with zero attached hydrogens (tertiary/aromatic N) is 1. The van der Waals surface area contributed by atoms with Gasteiger partial charge in [0.2, 0.25) is 0 Å². The van der Waals surface area contributed by atoms with Crippen LogP contribution in [0.15, 0.2) is 67.1 Å². The van der Waals surface area contributed by atoms with Crippen molar-refractivity contribution in [3.8, 4) is 0 Å². The van der Waals surface area contributed by atoms with Crippen LogP contribution in [0.3, 0.4) is 0 Å². The lowest BCUT2D eigenvalue weighted by molar-refractivity contribution is -0.110. The van der Waals surface area contributed by atoms with Crippen LogP contribution in [-0.4, -0.2) is 17.4 Å². The molecule has 2 heterocycles. The molecule has 1 aromatic heterocycles. The van der Waals surface area contributed by atoms with E-state index < -0.39 is 17.5 Å². The summed E-state index contributed by atoms with van der Waals surface area (Å²) in [6.45, 7) is 0.577. The van der Waals surface area contributed by atoms with Crippen LogP contribution in [0, 0.1) is 11.6 Å². The number of amides is 1. The summed E-state index contributed by atoms with van der Waals surface area (Å²) >= 11 is 0. The second-order valence-corrected chi connectivity index (χ2v) is 6.55. The number of nitrogens with one attached hydrogen (secondary N) is 3. The summed E-state index contributed by atoms with van der Waals surface area (Å²) in [7, 11) is 0. The van der Waals surface area contributed by atoms with E-state index in [-0.39, 0.29) is 11.1 Å². The number of benzene rings is 2. The Morgan fingerprint density at radius 1 is 1.03 bits per heavy atom. The van der Waals surface area contributed by atoms with Gasteiger partial charge in [-0.2, -0.15) is 0 Å². The average Bonchev–Trinajstić information content (AvgIpc) is 3.05. The van der Waals surface area contributed by atoms with Crippen LogP contribution >= 0.6 is 0 Å². The van der Waals surface area contributed by atoms with Crippen molar-refractivity contribution < 1.29 is 13.6 Å². The number of pyridine rings is 1. The first-order chi connectivity index (χ1) is 14.1. The second kappa shape index (κ2) is 8.10. The first kappa shape index (κ1) is 18.6. The largest absolute Gasteiger partial charge is 0.382 e. The van der Waals surface area contributed by atoms with E-state index in [1.807, 2.05) is 12.1 Å². The van der Waals surface area contributed by atoms with Crippen molar-refractivity contribution >= 4 is 28.5 Å². The molecule has 146 valence electrons. The van der Waals surface area contributed by atoms with Gasteiger partial charge in [-0.3, -0.25) is 9.78 Å². The third-order valence-electron chi connectivity index (χ3n) is 4.61. The highest BCUT2D eigenvalue weighted by atomic mass is 19.1.